The summed E-state index contributed by atoms with van der Waals surface area (Å²) in [6.45, 7) is 4.38. The standard InChI is InChI=1S/C19H23NO3/c1-12-4-6-16-14(8-12)10-19(22,11-20-3)18(16)23-17-7-5-15(21)9-13(17)2/h4-9,18,20-22H,10-11H2,1-3H3. The molecule has 1 aliphatic rings. The van der Waals surface area contributed by atoms with Crippen LogP contribution in [-0.4, -0.2) is 29.4 Å². The molecule has 2 aromatic carbocycles. The number of hydrogen-bond acceptors (Lipinski definition) is 4. The van der Waals surface area contributed by atoms with E-state index < -0.39 is 11.7 Å². The molecular weight excluding hydrogens is 290 g/mol. The summed E-state index contributed by atoms with van der Waals surface area (Å²) in [5.74, 6) is 0.888. The van der Waals surface area contributed by atoms with Gasteiger partial charge in [-0.3, -0.25) is 0 Å². The summed E-state index contributed by atoms with van der Waals surface area (Å²) < 4.78 is 6.19. The molecule has 0 spiro atoms. The van der Waals surface area contributed by atoms with E-state index in [-0.39, 0.29) is 5.75 Å². The second-order valence-corrected chi connectivity index (χ2v) is 6.46. The summed E-state index contributed by atoms with van der Waals surface area (Å²) in [5, 5.41) is 23.8. The number of aryl methyl sites for hydroxylation is 2. The fraction of sp³-hybridized carbons (Fsp3) is 0.368. The van der Waals surface area contributed by atoms with Crippen LogP contribution in [0.15, 0.2) is 36.4 Å². The average molecular weight is 313 g/mol. The van der Waals surface area contributed by atoms with E-state index in [0.717, 1.165) is 16.7 Å². The van der Waals surface area contributed by atoms with Crippen LogP contribution in [0.2, 0.25) is 0 Å². The molecule has 4 nitrogen and oxygen atoms in total. The van der Waals surface area contributed by atoms with Crippen LogP contribution in [0, 0.1) is 13.8 Å². The van der Waals surface area contributed by atoms with E-state index in [4.69, 9.17) is 4.74 Å². The first-order chi connectivity index (χ1) is 10.9. The Balaban J connectivity index is 1.99. The van der Waals surface area contributed by atoms with Gasteiger partial charge in [0.05, 0.1) is 0 Å². The summed E-state index contributed by atoms with van der Waals surface area (Å²) >= 11 is 0. The molecular formula is C19H23NO3. The van der Waals surface area contributed by atoms with Crippen molar-refractivity contribution < 1.29 is 14.9 Å². The first-order valence-corrected chi connectivity index (χ1v) is 7.85. The highest BCUT2D eigenvalue weighted by atomic mass is 16.5. The largest absolute Gasteiger partial charge is 0.508 e. The number of phenolic OH excluding ortho intramolecular Hbond substituents is 1. The summed E-state index contributed by atoms with van der Waals surface area (Å²) in [6.07, 6.45) is 0.126. The maximum Gasteiger partial charge on any atom is 0.154 e. The van der Waals surface area contributed by atoms with E-state index in [2.05, 4.69) is 18.3 Å². The number of aliphatic hydroxyl groups is 1. The SMILES string of the molecule is CNCC1(O)Cc2cc(C)ccc2C1Oc1ccc(O)cc1C. The minimum atomic E-state index is -0.991. The first-order valence-electron chi connectivity index (χ1n) is 7.85. The van der Waals surface area contributed by atoms with E-state index in [9.17, 15) is 10.2 Å². The van der Waals surface area contributed by atoms with Crippen LogP contribution in [0.5, 0.6) is 11.5 Å². The number of nitrogens with one attached hydrogen (secondary N) is 1. The van der Waals surface area contributed by atoms with Gasteiger partial charge in [0, 0.05) is 13.0 Å². The Labute approximate surface area is 136 Å². The normalized spacial score (nSPS) is 22.9. The van der Waals surface area contributed by atoms with Gasteiger partial charge in [0.25, 0.3) is 0 Å². The highest BCUT2D eigenvalue weighted by Gasteiger charge is 2.46. The van der Waals surface area contributed by atoms with Crippen LogP contribution in [0.3, 0.4) is 0 Å². The topological polar surface area (TPSA) is 61.7 Å². The smallest absolute Gasteiger partial charge is 0.154 e. The molecule has 2 unspecified atom stereocenters. The molecule has 0 saturated heterocycles. The van der Waals surface area contributed by atoms with Crippen molar-refractivity contribution in [1.29, 1.82) is 0 Å². The molecule has 2 aromatic rings. The van der Waals surface area contributed by atoms with Gasteiger partial charge in [-0.15, -0.1) is 0 Å². The predicted octanol–water partition coefficient (Wildman–Crippen LogP) is 2.64. The van der Waals surface area contributed by atoms with Crippen molar-refractivity contribution in [3.63, 3.8) is 0 Å². The Morgan fingerprint density at radius 2 is 2.00 bits per heavy atom. The summed E-state index contributed by atoms with van der Waals surface area (Å²) in [4.78, 5) is 0. The van der Waals surface area contributed by atoms with Gasteiger partial charge in [-0.25, -0.2) is 0 Å². The molecule has 4 heteroatoms. The first kappa shape index (κ1) is 15.8. The molecule has 0 bridgehead atoms. The molecule has 122 valence electrons. The summed E-state index contributed by atoms with van der Waals surface area (Å²) in [6, 6.07) is 11.2. The fourth-order valence-corrected chi connectivity index (χ4v) is 3.38. The zero-order valence-electron chi connectivity index (χ0n) is 13.8. The van der Waals surface area contributed by atoms with Gasteiger partial charge in [0.1, 0.15) is 17.1 Å². The highest BCUT2D eigenvalue weighted by Crippen LogP contribution is 2.43. The molecule has 0 amide bonds. The minimum absolute atomic E-state index is 0.211. The molecule has 0 saturated carbocycles. The maximum atomic E-state index is 11.1. The number of rotatable bonds is 4. The molecule has 0 aromatic heterocycles. The van der Waals surface area contributed by atoms with Crippen LogP contribution < -0.4 is 10.1 Å². The Morgan fingerprint density at radius 1 is 1.22 bits per heavy atom. The second kappa shape index (κ2) is 5.87. The van der Waals surface area contributed by atoms with E-state index in [1.54, 1.807) is 18.2 Å². The lowest BCUT2D eigenvalue weighted by Crippen LogP contribution is -2.45. The number of ether oxygens (including phenoxy) is 1. The number of likely N-dealkylation sites (N-methyl/N-ethyl adjacent to an activating group) is 1. The zero-order valence-corrected chi connectivity index (χ0v) is 13.8. The second-order valence-electron chi connectivity index (χ2n) is 6.46. The van der Waals surface area contributed by atoms with Crippen molar-refractivity contribution in [2.75, 3.05) is 13.6 Å². The van der Waals surface area contributed by atoms with E-state index in [1.165, 1.54) is 5.56 Å². The molecule has 2 atom stereocenters. The Bertz CT molecular complexity index is 729. The maximum absolute atomic E-state index is 11.1. The molecule has 0 fully saturated rings. The lowest BCUT2D eigenvalue weighted by Gasteiger charge is -2.31. The highest BCUT2D eigenvalue weighted by molar-refractivity contribution is 5.44. The summed E-state index contributed by atoms with van der Waals surface area (Å²) in [5.41, 5.74) is 3.19. The number of fused-ring (bicyclic) bond motifs is 1. The molecule has 0 heterocycles. The monoisotopic (exact) mass is 313 g/mol. The minimum Gasteiger partial charge on any atom is -0.508 e. The lowest BCUT2D eigenvalue weighted by atomic mass is 9.97. The Morgan fingerprint density at radius 3 is 2.70 bits per heavy atom. The summed E-state index contributed by atoms with van der Waals surface area (Å²) in [7, 11) is 1.83. The van der Waals surface area contributed by atoms with E-state index in [1.807, 2.05) is 26.1 Å². The number of aromatic hydroxyl groups is 1. The number of hydrogen-bond donors (Lipinski definition) is 3. The van der Waals surface area contributed by atoms with Gasteiger partial charge in [0.15, 0.2) is 6.10 Å². The van der Waals surface area contributed by atoms with Crippen LogP contribution >= 0.6 is 0 Å². The molecule has 23 heavy (non-hydrogen) atoms. The van der Waals surface area contributed by atoms with Crippen LogP contribution in [0.25, 0.3) is 0 Å². The van der Waals surface area contributed by atoms with Gasteiger partial charge in [-0.2, -0.15) is 0 Å². The van der Waals surface area contributed by atoms with Crippen molar-refractivity contribution in [2.24, 2.45) is 0 Å². The van der Waals surface area contributed by atoms with Crippen molar-refractivity contribution >= 4 is 0 Å². The van der Waals surface area contributed by atoms with E-state index >= 15 is 0 Å². The van der Waals surface area contributed by atoms with Gasteiger partial charge in [0.2, 0.25) is 0 Å². The van der Waals surface area contributed by atoms with Crippen LogP contribution in [0.4, 0.5) is 0 Å². The molecule has 1 aliphatic carbocycles. The molecule has 0 aliphatic heterocycles. The van der Waals surface area contributed by atoms with Crippen LogP contribution in [0.1, 0.15) is 28.4 Å². The fourth-order valence-electron chi connectivity index (χ4n) is 3.38. The van der Waals surface area contributed by atoms with Gasteiger partial charge >= 0.3 is 0 Å². The third-order valence-corrected chi connectivity index (χ3v) is 4.45. The van der Waals surface area contributed by atoms with Gasteiger partial charge in [-0.1, -0.05) is 23.8 Å². The molecule has 3 rings (SSSR count). The van der Waals surface area contributed by atoms with Crippen LogP contribution in [-0.2, 0) is 6.42 Å². The number of benzene rings is 2. The third kappa shape index (κ3) is 2.92. The predicted molar refractivity (Wildman–Crippen MR) is 90.0 cm³/mol. The van der Waals surface area contributed by atoms with Crippen molar-refractivity contribution in [1.82, 2.24) is 5.32 Å². The van der Waals surface area contributed by atoms with E-state index in [0.29, 0.717) is 18.7 Å². The quantitative estimate of drug-likeness (QED) is 0.812. The van der Waals surface area contributed by atoms with Crippen molar-refractivity contribution in [2.45, 2.75) is 32.0 Å². The Kier molecular flexibility index (Phi) is 4.04. The molecule has 0 radical (unpaired) electrons. The van der Waals surface area contributed by atoms with Gasteiger partial charge in [-0.05, 0) is 55.8 Å². The zero-order chi connectivity index (χ0) is 16.6. The van der Waals surface area contributed by atoms with Crippen molar-refractivity contribution in [3.8, 4) is 11.5 Å². The average Bonchev–Trinajstić information content (AvgIpc) is 2.73. The Hall–Kier alpha value is -2.04. The number of phenols is 1. The molecule has 3 N–H and O–H groups in total. The third-order valence-electron chi connectivity index (χ3n) is 4.45. The van der Waals surface area contributed by atoms with Crippen molar-refractivity contribution in [3.05, 3.63) is 58.7 Å². The van der Waals surface area contributed by atoms with Gasteiger partial charge < -0.3 is 20.3 Å². The lowest BCUT2D eigenvalue weighted by molar-refractivity contribution is -0.0487.